The number of aromatic nitrogens is 2. The molecule has 27 heavy (non-hydrogen) atoms. The van der Waals surface area contributed by atoms with Crippen molar-refractivity contribution in [1.82, 2.24) is 10.2 Å². The summed E-state index contributed by atoms with van der Waals surface area (Å²) in [6.45, 7) is 2.44. The predicted molar refractivity (Wildman–Crippen MR) is 101 cm³/mol. The van der Waals surface area contributed by atoms with Crippen molar-refractivity contribution in [3.63, 3.8) is 0 Å². The molecule has 3 N–H and O–H groups in total. The van der Waals surface area contributed by atoms with Gasteiger partial charge in [-0.15, -0.1) is 5.10 Å². The van der Waals surface area contributed by atoms with Gasteiger partial charge in [-0.2, -0.15) is 5.26 Å². The van der Waals surface area contributed by atoms with Gasteiger partial charge in [0, 0.05) is 5.56 Å². The minimum absolute atomic E-state index is 0.0624. The third kappa shape index (κ3) is 2.79. The lowest BCUT2D eigenvalue weighted by molar-refractivity contribution is 0.334. The second kappa shape index (κ2) is 6.89. The first-order chi connectivity index (χ1) is 13.2. The molecule has 6 nitrogen and oxygen atoms in total. The van der Waals surface area contributed by atoms with Gasteiger partial charge in [0.1, 0.15) is 17.4 Å². The second-order valence-corrected chi connectivity index (χ2v) is 6.08. The molecule has 0 fully saturated rings. The average molecular weight is 358 g/mol. The van der Waals surface area contributed by atoms with Crippen molar-refractivity contribution in [3.05, 3.63) is 77.2 Å². The minimum atomic E-state index is -0.435. The smallest absolute Gasteiger partial charge is 0.244 e. The lowest BCUT2D eigenvalue weighted by atomic mass is 9.82. The molecule has 1 atom stereocenters. The normalized spacial score (nSPS) is 15.6. The average Bonchev–Trinajstić information content (AvgIpc) is 3.12. The van der Waals surface area contributed by atoms with Gasteiger partial charge < -0.3 is 15.2 Å². The summed E-state index contributed by atoms with van der Waals surface area (Å²) in [5.41, 5.74) is 9.76. The van der Waals surface area contributed by atoms with Crippen molar-refractivity contribution < 1.29 is 9.47 Å². The van der Waals surface area contributed by atoms with Crippen LogP contribution in [0.2, 0.25) is 0 Å². The molecule has 3 aromatic rings. The Morgan fingerprint density at radius 3 is 2.67 bits per heavy atom. The van der Waals surface area contributed by atoms with Gasteiger partial charge in [0.15, 0.2) is 0 Å². The zero-order chi connectivity index (χ0) is 18.8. The Kier molecular flexibility index (Phi) is 4.27. The van der Waals surface area contributed by atoms with Crippen molar-refractivity contribution in [1.29, 1.82) is 5.26 Å². The van der Waals surface area contributed by atoms with Crippen LogP contribution in [0.3, 0.4) is 0 Å². The molecule has 0 bridgehead atoms. The Morgan fingerprint density at radius 1 is 1.19 bits per heavy atom. The first kappa shape index (κ1) is 16.7. The number of aromatic amines is 1. The quantitative estimate of drug-likeness (QED) is 0.741. The van der Waals surface area contributed by atoms with Crippen LogP contribution in [0.15, 0.2) is 66.1 Å². The zero-order valence-corrected chi connectivity index (χ0v) is 14.8. The molecule has 1 aliphatic heterocycles. The Morgan fingerprint density at radius 2 is 1.93 bits per heavy atom. The SMILES string of the molecule is CCOc1ccccc1[C@@H]1C(C#N)=C(N)Oc2n[nH]c(-c3ccccc3)c21. The molecule has 1 aliphatic rings. The number of H-pyrrole nitrogens is 1. The second-order valence-electron chi connectivity index (χ2n) is 6.08. The fraction of sp³-hybridized carbons (Fsp3) is 0.143. The molecule has 0 radical (unpaired) electrons. The highest BCUT2D eigenvalue weighted by molar-refractivity contribution is 5.71. The number of hydrogen-bond donors (Lipinski definition) is 2. The number of benzene rings is 2. The molecule has 0 saturated heterocycles. The zero-order valence-electron chi connectivity index (χ0n) is 14.8. The van der Waals surface area contributed by atoms with E-state index in [0.29, 0.717) is 23.8 Å². The Bertz CT molecular complexity index is 1050. The molecular formula is C21H18N4O2. The minimum Gasteiger partial charge on any atom is -0.494 e. The van der Waals surface area contributed by atoms with Crippen molar-refractivity contribution >= 4 is 0 Å². The van der Waals surface area contributed by atoms with Crippen LogP contribution in [-0.4, -0.2) is 16.8 Å². The van der Waals surface area contributed by atoms with E-state index in [1.165, 1.54) is 0 Å². The van der Waals surface area contributed by atoms with Gasteiger partial charge in [-0.3, -0.25) is 5.10 Å². The standard InChI is InChI=1S/C21H18N4O2/c1-2-26-16-11-7-6-10-14(16)17-15(12-22)20(23)27-21-18(17)19(24-25-21)13-8-4-3-5-9-13/h3-11,17H,2,23H2,1H3,(H,24,25)/t17-/m1/s1. The van der Waals surface area contributed by atoms with Crippen LogP contribution in [0.4, 0.5) is 0 Å². The number of para-hydroxylation sites is 1. The lowest BCUT2D eigenvalue weighted by Gasteiger charge is -2.25. The first-order valence-electron chi connectivity index (χ1n) is 8.67. The Hall–Kier alpha value is -3.72. The molecule has 0 spiro atoms. The predicted octanol–water partition coefficient (Wildman–Crippen LogP) is 3.69. The Labute approximate surface area is 156 Å². The molecule has 134 valence electrons. The van der Waals surface area contributed by atoms with Crippen molar-refractivity contribution in [2.45, 2.75) is 12.8 Å². The molecular weight excluding hydrogens is 340 g/mol. The van der Waals surface area contributed by atoms with E-state index in [2.05, 4.69) is 16.3 Å². The summed E-state index contributed by atoms with van der Waals surface area (Å²) in [5.74, 6) is 0.711. The molecule has 6 heteroatoms. The highest BCUT2D eigenvalue weighted by Crippen LogP contribution is 2.47. The highest BCUT2D eigenvalue weighted by atomic mass is 16.5. The van der Waals surface area contributed by atoms with E-state index in [-0.39, 0.29) is 5.88 Å². The van der Waals surface area contributed by atoms with E-state index in [0.717, 1.165) is 22.4 Å². The maximum atomic E-state index is 9.80. The summed E-state index contributed by atoms with van der Waals surface area (Å²) in [6, 6.07) is 19.7. The number of nitrogens with zero attached hydrogens (tertiary/aromatic N) is 2. The van der Waals surface area contributed by atoms with E-state index in [1.54, 1.807) is 0 Å². The molecule has 2 aromatic carbocycles. The number of rotatable bonds is 4. The topological polar surface area (TPSA) is 96.9 Å². The van der Waals surface area contributed by atoms with E-state index >= 15 is 0 Å². The molecule has 4 rings (SSSR count). The number of allylic oxidation sites excluding steroid dienone is 1. The van der Waals surface area contributed by atoms with Crippen LogP contribution in [0, 0.1) is 11.3 Å². The van der Waals surface area contributed by atoms with Crippen LogP contribution in [0.25, 0.3) is 11.3 Å². The van der Waals surface area contributed by atoms with E-state index in [1.807, 2.05) is 61.5 Å². The van der Waals surface area contributed by atoms with Crippen molar-refractivity contribution in [3.8, 4) is 29.0 Å². The maximum absolute atomic E-state index is 9.80. The van der Waals surface area contributed by atoms with Crippen LogP contribution in [0.1, 0.15) is 24.0 Å². The molecule has 0 amide bonds. The third-order valence-electron chi connectivity index (χ3n) is 4.53. The van der Waals surface area contributed by atoms with Crippen LogP contribution >= 0.6 is 0 Å². The fourth-order valence-corrected chi connectivity index (χ4v) is 3.39. The van der Waals surface area contributed by atoms with Crippen LogP contribution in [0.5, 0.6) is 11.6 Å². The first-order valence-corrected chi connectivity index (χ1v) is 8.67. The summed E-state index contributed by atoms with van der Waals surface area (Å²) < 4.78 is 11.5. The van der Waals surface area contributed by atoms with Gasteiger partial charge >= 0.3 is 0 Å². The number of nitrogens with two attached hydrogens (primary N) is 1. The molecule has 0 aliphatic carbocycles. The lowest BCUT2D eigenvalue weighted by Crippen LogP contribution is -2.21. The van der Waals surface area contributed by atoms with E-state index < -0.39 is 5.92 Å². The molecule has 0 saturated carbocycles. The van der Waals surface area contributed by atoms with Gasteiger partial charge in [-0.05, 0) is 18.6 Å². The fourth-order valence-electron chi connectivity index (χ4n) is 3.39. The maximum Gasteiger partial charge on any atom is 0.244 e. The largest absolute Gasteiger partial charge is 0.494 e. The number of hydrogen-bond acceptors (Lipinski definition) is 5. The van der Waals surface area contributed by atoms with Gasteiger partial charge in [-0.1, -0.05) is 48.5 Å². The molecule has 2 heterocycles. The van der Waals surface area contributed by atoms with Crippen molar-refractivity contribution in [2.75, 3.05) is 6.61 Å². The highest BCUT2D eigenvalue weighted by Gasteiger charge is 2.36. The van der Waals surface area contributed by atoms with Crippen LogP contribution < -0.4 is 15.2 Å². The summed E-state index contributed by atoms with van der Waals surface area (Å²) in [4.78, 5) is 0. The molecule has 0 unspecified atom stereocenters. The summed E-state index contributed by atoms with van der Waals surface area (Å²) in [7, 11) is 0. The van der Waals surface area contributed by atoms with Crippen molar-refractivity contribution in [2.24, 2.45) is 5.73 Å². The number of nitrogens with one attached hydrogen (secondary N) is 1. The van der Waals surface area contributed by atoms with Crippen LogP contribution in [-0.2, 0) is 0 Å². The van der Waals surface area contributed by atoms with Gasteiger partial charge in [0.25, 0.3) is 0 Å². The van der Waals surface area contributed by atoms with Gasteiger partial charge in [0.2, 0.25) is 11.8 Å². The summed E-state index contributed by atoms with van der Waals surface area (Å²) in [6.07, 6.45) is 0. The number of fused-ring (bicyclic) bond motifs is 1. The third-order valence-corrected chi connectivity index (χ3v) is 4.53. The van der Waals surface area contributed by atoms with E-state index in [4.69, 9.17) is 15.2 Å². The summed E-state index contributed by atoms with van der Waals surface area (Å²) >= 11 is 0. The van der Waals surface area contributed by atoms with E-state index in [9.17, 15) is 5.26 Å². The number of nitriles is 1. The Balaban J connectivity index is 1.97. The number of ether oxygens (including phenoxy) is 2. The van der Waals surface area contributed by atoms with Gasteiger partial charge in [0.05, 0.1) is 23.8 Å². The van der Waals surface area contributed by atoms with Gasteiger partial charge in [-0.25, -0.2) is 0 Å². The summed E-state index contributed by atoms with van der Waals surface area (Å²) in [5, 5.41) is 17.1. The monoisotopic (exact) mass is 358 g/mol. The molecule has 1 aromatic heterocycles.